The number of aromatic nitrogens is 2. The van der Waals surface area contributed by atoms with Gasteiger partial charge in [-0.3, -0.25) is 4.79 Å². The number of benzene rings is 1. The molecule has 0 spiro atoms. The van der Waals surface area contributed by atoms with Crippen LogP contribution >= 0.6 is 11.8 Å². The highest BCUT2D eigenvalue weighted by atomic mass is 32.2. The maximum atomic E-state index is 13.3. The average Bonchev–Trinajstić information content (AvgIpc) is 2.80. The molecule has 1 amide bonds. The first-order chi connectivity index (χ1) is 15.2. The van der Waals surface area contributed by atoms with Crippen molar-refractivity contribution >= 4 is 23.5 Å². The van der Waals surface area contributed by atoms with Crippen LogP contribution in [0.3, 0.4) is 0 Å². The summed E-state index contributed by atoms with van der Waals surface area (Å²) in [5, 5.41) is 12.5. The Kier molecular flexibility index (Phi) is 7.57. The summed E-state index contributed by atoms with van der Waals surface area (Å²) in [6.45, 7) is 2.35. The van der Waals surface area contributed by atoms with Gasteiger partial charge in [-0.25, -0.2) is 4.39 Å². The normalized spacial score (nSPS) is 17.3. The van der Waals surface area contributed by atoms with Crippen LogP contribution in [0.25, 0.3) is 0 Å². The van der Waals surface area contributed by atoms with Gasteiger partial charge in [0, 0.05) is 30.4 Å². The third kappa shape index (κ3) is 6.29. The maximum absolute atomic E-state index is 13.3. The second kappa shape index (κ2) is 10.8. The number of hydrogen-bond acceptors (Lipinski definition) is 5. The zero-order valence-corrected chi connectivity index (χ0v) is 18.5. The SMILES string of the molecule is O=C(NCCC1=CCCCC1)C1CCN(c2ccc(Sc3cccc(F)c3)nn2)CC1. The quantitative estimate of drug-likeness (QED) is 0.615. The van der Waals surface area contributed by atoms with Crippen molar-refractivity contribution in [3.63, 3.8) is 0 Å². The lowest BCUT2D eigenvalue weighted by Crippen LogP contribution is -2.41. The number of carbonyl (C=O) groups is 1. The van der Waals surface area contributed by atoms with E-state index < -0.39 is 0 Å². The molecule has 1 aromatic carbocycles. The van der Waals surface area contributed by atoms with Gasteiger partial charge in [-0.2, -0.15) is 0 Å². The minimum Gasteiger partial charge on any atom is -0.356 e. The van der Waals surface area contributed by atoms with Crippen LogP contribution in [-0.4, -0.2) is 35.7 Å². The molecule has 0 unspecified atom stereocenters. The molecule has 0 radical (unpaired) electrons. The summed E-state index contributed by atoms with van der Waals surface area (Å²) >= 11 is 1.39. The van der Waals surface area contributed by atoms with E-state index in [1.807, 2.05) is 18.2 Å². The van der Waals surface area contributed by atoms with Crippen LogP contribution in [0.5, 0.6) is 0 Å². The van der Waals surface area contributed by atoms with Gasteiger partial charge in [0.1, 0.15) is 10.8 Å². The first-order valence-electron chi connectivity index (χ1n) is 11.1. The van der Waals surface area contributed by atoms with Crippen molar-refractivity contribution in [2.24, 2.45) is 5.92 Å². The number of nitrogens with zero attached hydrogens (tertiary/aromatic N) is 3. The Morgan fingerprint density at radius 3 is 2.74 bits per heavy atom. The molecule has 4 rings (SSSR count). The van der Waals surface area contributed by atoms with E-state index in [4.69, 9.17) is 0 Å². The van der Waals surface area contributed by atoms with Crippen LogP contribution in [0.1, 0.15) is 44.9 Å². The first kappa shape index (κ1) is 21.8. The molecular weight excluding hydrogens is 411 g/mol. The van der Waals surface area contributed by atoms with Gasteiger partial charge in [-0.15, -0.1) is 10.2 Å². The molecule has 0 saturated carbocycles. The fraction of sp³-hybridized carbons (Fsp3) is 0.458. The lowest BCUT2D eigenvalue weighted by atomic mass is 9.95. The number of carbonyl (C=O) groups excluding carboxylic acids is 1. The number of rotatable bonds is 7. The lowest BCUT2D eigenvalue weighted by Gasteiger charge is -2.31. The minimum atomic E-state index is -0.257. The van der Waals surface area contributed by atoms with Gasteiger partial charge in [-0.1, -0.05) is 29.5 Å². The number of nitrogens with one attached hydrogen (secondary N) is 1. The van der Waals surface area contributed by atoms with Crippen molar-refractivity contribution < 1.29 is 9.18 Å². The average molecular weight is 441 g/mol. The van der Waals surface area contributed by atoms with E-state index >= 15 is 0 Å². The molecule has 1 aliphatic heterocycles. The number of piperidine rings is 1. The Balaban J connectivity index is 1.22. The van der Waals surface area contributed by atoms with Crippen molar-refractivity contribution in [2.75, 3.05) is 24.5 Å². The highest BCUT2D eigenvalue weighted by Crippen LogP contribution is 2.28. The molecular formula is C24H29FN4OS. The van der Waals surface area contributed by atoms with Crippen molar-refractivity contribution in [3.05, 3.63) is 53.9 Å². The van der Waals surface area contributed by atoms with Crippen molar-refractivity contribution in [2.45, 2.75) is 54.9 Å². The molecule has 1 saturated heterocycles. The number of halogens is 1. The maximum Gasteiger partial charge on any atom is 0.223 e. The summed E-state index contributed by atoms with van der Waals surface area (Å²) in [6, 6.07) is 10.3. The van der Waals surface area contributed by atoms with E-state index in [2.05, 4.69) is 26.5 Å². The van der Waals surface area contributed by atoms with E-state index in [1.54, 1.807) is 6.07 Å². The number of anilines is 1. The summed E-state index contributed by atoms with van der Waals surface area (Å²) in [5.74, 6) is 0.829. The topological polar surface area (TPSA) is 58.1 Å². The van der Waals surface area contributed by atoms with Crippen molar-refractivity contribution in [1.29, 1.82) is 0 Å². The fourth-order valence-electron chi connectivity index (χ4n) is 4.18. The monoisotopic (exact) mass is 440 g/mol. The predicted octanol–water partition coefficient (Wildman–Crippen LogP) is 4.99. The molecule has 1 aliphatic carbocycles. The molecule has 2 aliphatic rings. The molecule has 5 nitrogen and oxygen atoms in total. The van der Waals surface area contributed by atoms with E-state index in [0.717, 1.165) is 54.6 Å². The standard InChI is InChI=1S/C24H29FN4OS/c25-20-7-4-8-21(17-20)31-23-10-9-22(27-28-23)29-15-12-19(13-16-29)24(30)26-14-11-18-5-2-1-3-6-18/h4-5,7-10,17,19H,1-3,6,11-16H2,(H,26,30). The smallest absolute Gasteiger partial charge is 0.223 e. The molecule has 1 N–H and O–H groups in total. The minimum absolute atomic E-state index is 0.0763. The zero-order valence-electron chi connectivity index (χ0n) is 17.7. The van der Waals surface area contributed by atoms with Crippen LogP contribution in [0.4, 0.5) is 10.2 Å². The van der Waals surface area contributed by atoms with Gasteiger partial charge in [0.25, 0.3) is 0 Å². The first-order valence-corrected chi connectivity index (χ1v) is 12.0. The van der Waals surface area contributed by atoms with Crippen molar-refractivity contribution in [1.82, 2.24) is 15.5 Å². The highest BCUT2D eigenvalue weighted by molar-refractivity contribution is 7.99. The third-order valence-electron chi connectivity index (χ3n) is 5.96. The van der Waals surface area contributed by atoms with Crippen LogP contribution in [0.2, 0.25) is 0 Å². The molecule has 7 heteroatoms. The van der Waals surface area contributed by atoms with E-state index in [1.165, 1.54) is 55.2 Å². The molecule has 31 heavy (non-hydrogen) atoms. The molecule has 2 heterocycles. The number of allylic oxidation sites excluding steroid dienone is 1. The highest BCUT2D eigenvalue weighted by Gasteiger charge is 2.25. The van der Waals surface area contributed by atoms with Gasteiger partial charge in [0.15, 0.2) is 5.82 Å². The molecule has 1 aromatic heterocycles. The summed E-state index contributed by atoms with van der Waals surface area (Å²) < 4.78 is 13.3. The second-order valence-electron chi connectivity index (χ2n) is 8.20. The molecule has 0 bridgehead atoms. The van der Waals surface area contributed by atoms with Gasteiger partial charge in [0.05, 0.1) is 0 Å². The summed E-state index contributed by atoms with van der Waals surface area (Å²) in [6.07, 6.45) is 9.95. The number of hydrogen-bond donors (Lipinski definition) is 1. The fourth-order valence-corrected chi connectivity index (χ4v) is 4.96. The molecule has 164 valence electrons. The largest absolute Gasteiger partial charge is 0.356 e. The van der Waals surface area contributed by atoms with Crippen LogP contribution in [0.15, 0.2) is 58.0 Å². The third-order valence-corrected chi connectivity index (χ3v) is 6.88. The van der Waals surface area contributed by atoms with Crippen LogP contribution < -0.4 is 10.2 Å². The molecule has 2 aromatic rings. The number of amides is 1. The Bertz CT molecular complexity index is 910. The Labute approximate surface area is 187 Å². The summed E-state index contributed by atoms with van der Waals surface area (Å²) in [4.78, 5) is 15.5. The summed E-state index contributed by atoms with van der Waals surface area (Å²) in [7, 11) is 0. The predicted molar refractivity (Wildman–Crippen MR) is 122 cm³/mol. The van der Waals surface area contributed by atoms with Crippen molar-refractivity contribution in [3.8, 4) is 0 Å². The van der Waals surface area contributed by atoms with Crippen LogP contribution in [-0.2, 0) is 4.79 Å². The molecule has 0 atom stereocenters. The van der Waals surface area contributed by atoms with Gasteiger partial charge < -0.3 is 10.2 Å². The van der Waals surface area contributed by atoms with E-state index in [9.17, 15) is 9.18 Å². The Morgan fingerprint density at radius 2 is 2.03 bits per heavy atom. The van der Waals surface area contributed by atoms with Gasteiger partial charge >= 0.3 is 0 Å². The zero-order chi connectivity index (χ0) is 21.5. The Hall–Kier alpha value is -2.41. The van der Waals surface area contributed by atoms with E-state index in [0.29, 0.717) is 0 Å². The van der Waals surface area contributed by atoms with Gasteiger partial charge in [-0.05, 0) is 75.3 Å². The molecule has 1 fully saturated rings. The summed E-state index contributed by atoms with van der Waals surface area (Å²) in [5.41, 5.74) is 1.50. The Morgan fingerprint density at radius 1 is 1.16 bits per heavy atom. The van der Waals surface area contributed by atoms with Crippen LogP contribution in [0, 0.1) is 11.7 Å². The van der Waals surface area contributed by atoms with E-state index in [-0.39, 0.29) is 17.6 Å². The second-order valence-corrected chi connectivity index (χ2v) is 9.29. The van der Waals surface area contributed by atoms with Gasteiger partial charge in [0.2, 0.25) is 5.91 Å². The lowest BCUT2D eigenvalue weighted by molar-refractivity contribution is -0.125.